The molecule has 0 bridgehead atoms. The zero-order valence-corrected chi connectivity index (χ0v) is 27.8. The predicted octanol–water partition coefficient (Wildman–Crippen LogP) is 7.95. The summed E-state index contributed by atoms with van der Waals surface area (Å²) in [4.78, 5) is 47.1. The van der Waals surface area contributed by atoms with Crippen LogP contribution in [0, 0.1) is 0 Å². The zero-order chi connectivity index (χ0) is 34.6. The van der Waals surface area contributed by atoms with Crippen molar-refractivity contribution in [2.75, 3.05) is 26.4 Å². The fraction of sp³-hybridized carbons (Fsp3) is 0.351. The second kappa shape index (κ2) is 21.1. The van der Waals surface area contributed by atoms with Gasteiger partial charge in [-0.25, -0.2) is 14.4 Å². The van der Waals surface area contributed by atoms with Gasteiger partial charge in [0.15, 0.2) is 0 Å². The van der Waals surface area contributed by atoms with E-state index < -0.39 is 17.9 Å². The lowest BCUT2D eigenvalue weighted by Crippen LogP contribution is -2.10. The maximum atomic E-state index is 12.7. The highest BCUT2D eigenvalue weighted by molar-refractivity contribution is 6.32. The summed E-state index contributed by atoms with van der Waals surface area (Å²) in [5, 5.41) is 0.1000. The molecule has 3 aromatic carbocycles. The Kier molecular flexibility index (Phi) is 16.6. The third-order valence-electron chi connectivity index (χ3n) is 6.83. The minimum Gasteiger partial charge on any atom is -0.494 e. The third kappa shape index (κ3) is 14.3. The molecule has 0 radical (unpaired) electrons. The van der Waals surface area contributed by atoms with Gasteiger partial charge in [-0.1, -0.05) is 18.2 Å². The highest BCUT2D eigenvalue weighted by Gasteiger charge is 2.15. The number of halogens is 1. The van der Waals surface area contributed by atoms with Gasteiger partial charge in [-0.3, -0.25) is 4.79 Å². The Morgan fingerprint density at radius 1 is 0.604 bits per heavy atom. The van der Waals surface area contributed by atoms with Crippen LogP contribution in [-0.2, 0) is 19.1 Å². The molecule has 0 aliphatic heterocycles. The first-order chi connectivity index (χ1) is 23.2. The maximum absolute atomic E-state index is 12.7. The Morgan fingerprint density at radius 2 is 1.06 bits per heavy atom. The monoisotopic (exact) mass is 680 g/mol. The molecule has 3 aromatic rings. The summed E-state index contributed by atoms with van der Waals surface area (Å²) in [5.41, 5.74) is 0.641. The lowest BCUT2D eigenvalue weighted by atomic mass is 10.2. The maximum Gasteiger partial charge on any atom is 0.343 e. The molecule has 3 rings (SSSR count). The summed E-state index contributed by atoms with van der Waals surface area (Å²) in [6, 6.07) is 17.5. The number of hydrogen-bond acceptors (Lipinski definition) is 10. The zero-order valence-electron chi connectivity index (χ0n) is 27.1. The lowest BCUT2D eigenvalue weighted by molar-refractivity contribution is -0.141. The summed E-state index contributed by atoms with van der Waals surface area (Å²) >= 11 is 6.33. The highest BCUT2D eigenvalue weighted by Crippen LogP contribution is 2.30. The normalized spacial score (nSPS) is 10.5. The molecule has 0 spiro atoms. The second-order valence-corrected chi connectivity index (χ2v) is 11.1. The fourth-order valence-corrected chi connectivity index (χ4v) is 4.48. The van der Waals surface area contributed by atoms with E-state index in [1.807, 2.05) is 0 Å². The van der Waals surface area contributed by atoms with Crippen LogP contribution in [0.3, 0.4) is 0 Å². The number of benzene rings is 3. The molecule has 10 nitrogen and oxygen atoms in total. The fourth-order valence-electron chi connectivity index (χ4n) is 4.27. The van der Waals surface area contributed by atoms with Gasteiger partial charge >= 0.3 is 23.9 Å². The molecule has 0 aromatic heterocycles. The molecule has 0 fully saturated rings. The van der Waals surface area contributed by atoms with Gasteiger partial charge in [0.2, 0.25) is 0 Å². The van der Waals surface area contributed by atoms with Gasteiger partial charge < -0.3 is 28.4 Å². The van der Waals surface area contributed by atoms with E-state index in [-0.39, 0.29) is 22.5 Å². The molecule has 0 aliphatic rings. The van der Waals surface area contributed by atoms with Gasteiger partial charge in [0, 0.05) is 19.1 Å². The van der Waals surface area contributed by atoms with Crippen molar-refractivity contribution < 1.29 is 47.6 Å². The Morgan fingerprint density at radius 3 is 1.54 bits per heavy atom. The smallest absolute Gasteiger partial charge is 0.343 e. The SMILES string of the molecule is C=CC(=O)OCCCCCCOc1ccc(C(=O)Oc2ccc(OC(=O)c3ccc(OCCCCCCOC(C)=O)cc3)c(Cl)c2)cc1. The van der Waals surface area contributed by atoms with Crippen molar-refractivity contribution in [2.45, 2.75) is 58.3 Å². The van der Waals surface area contributed by atoms with E-state index in [0.29, 0.717) is 49.1 Å². The summed E-state index contributed by atoms with van der Waals surface area (Å²) in [6.07, 6.45) is 8.21. The van der Waals surface area contributed by atoms with Gasteiger partial charge in [-0.05, 0) is 112 Å². The van der Waals surface area contributed by atoms with Crippen LogP contribution in [0.25, 0.3) is 0 Å². The number of rotatable bonds is 21. The van der Waals surface area contributed by atoms with E-state index in [1.54, 1.807) is 48.5 Å². The van der Waals surface area contributed by atoms with Crippen LogP contribution in [0.5, 0.6) is 23.0 Å². The lowest BCUT2D eigenvalue weighted by Gasteiger charge is -2.10. The molecular weight excluding hydrogens is 640 g/mol. The van der Waals surface area contributed by atoms with E-state index in [9.17, 15) is 19.2 Å². The van der Waals surface area contributed by atoms with Crippen molar-refractivity contribution in [3.63, 3.8) is 0 Å². The minimum absolute atomic E-state index is 0.1000. The Hall–Kier alpha value is -4.83. The molecule has 0 saturated heterocycles. The molecule has 0 amide bonds. The predicted molar refractivity (Wildman–Crippen MR) is 180 cm³/mol. The highest BCUT2D eigenvalue weighted by atomic mass is 35.5. The first-order valence-corrected chi connectivity index (χ1v) is 16.2. The molecule has 0 heterocycles. The first kappa shape index (κ1) is 37.6. The number of hydrogen-bond donors (Lipinski definition) is 0. The van der Waals surface area contributed by atoms with Crippen LogP contribution in [0.2, 0.25) is 5.02 Å². The average molecular weight is 681 g/mol. The van der Waals surface area contributed by atoms with Crippen LogP contribution >= 0.6 is 11.6 Å². The van der Waals surface area contributed by atoms with E-state index in [2.05, 4.69) is 6.58 Å². The molecule has 0 unspecified atom stereocenters. The molecular formula is C37H41ClO10. The Balaban J connectivity index is 1.36. The van der Waals surface area contributed by atoms with E-state index >= 15 is 0 Å². The van der Waals surface area contributed by atoms with Crippen molar-refractivity contribution in [2.24, 2.45) is 0 Å². The van der Waals surface area contributed by atoms with Crippen molar-refractivity contribution >= 4 is 35.5 Å². The summed E-state index contributed by atoms with van der Waals surface area (Å²) < 4.78 is 32.2. The van der Waals surface area contributed by atoms with Gasteiger partial charge in [0.25, 0.3) is 0 Å². The largest absolute Gasteiger partial charge is 0.494 e. The molecule has 11 heteroatoms. The molecule has 0 atom stereocenters. The van der Waals surface area contributed by atoms with Crippen LogP contribution in [0.4, 0.5) is 0 Å². The number of ether oxygens (including phenoxy) is 6. The van der Waals surface area contributed by atoms with Gasteiger partial charge in [0.1, 0.15) is 23.0 Å². The molecule has 48 heavy (non-hydrogen) atoms. The topological polar surface area (TPSA) is 124 Å². The number of carbonyl (C=O) groups excluding carboxylic acids is 4. The molecule has 256 valence electrons. The number of esters is 4. The molecule has 0 saturated carbocycles. The van der Waals surface area contributed by atoms with Crippen molar-refractivity contribution in [1.29, 1.82) is 0 Å². The van der Waals surface area contributed by atoms with Crippen molar-refractivity contribution in [1.82, 2.24) is 0 Å². The summed E-state index contributed by atoms with van der Waals surface area (Å²) in [7, 11) is 0. The number of unbranched alkanes of at least 4 members (excludes halogenated alkanes) is 6. The van der Waals surface area contributed by atoms with E-state index in [0.717, 1.165) is 57.4 Å². The number of carbonyl (C=O) groups is 4. The Bertz CT molecular complexity index is 1480. The van der Waals surface area contributed by atoms with Gasteiger partial charge in [-0.2, -0.15) is 0 Å². The summed E-state index contributed by atoms with van der Waals surface area (Å²) in [6.45, 7) is 6.63. The average Bonchev–Trinajstić information content (AvgIpc) is 3.08. The standard InChI is InChI=1S/C37H41ClO10/c1-3-35(40)46-25-11-7-6-10-24-44-30-16-12-28(13-17-30)36(41)47-32-20-21-34(33(38)26-32)48-37(42)29-14-18-31(19-15-29)45-23-9-5-4-8-22-43-27(2)39/h3,12-21,26H,1,4-11,22-25H2,2H3. The van der Waals surface area contributed by atoms with Crippen molar-refractivity contribution in [3.8, 4) is 23.0 Å². The van der Waals surface area contributed by atoms with Crippen LogP contribution < -0.4 is 18.9 Å². The quantitative estimate of drug-likeness (QED) is 0.0474. The minimum atomic E-state index is -0.602. The first-order valence-electron chi connectivity index (χ1n) is 15.9. The van der Waals surface area contributed by atoms with Crippen LogP contribution in [-0.4, -0.2) is 50.3 Å². The molecule has 0 N–H and O–H groups in total. The van der Waals surface area contributed by atoms with Gasteiger partial charge in [0.05, 0.1) is 42.6 Å². The third-order valence-corrected chi connectivity index (χ3v) is 7.12. The Labute approximate surface area is 285 Å². The van der Waals surface area contributed by atoms with Crippen molar-refractivity contribution in [3.05, 3.63) is 95.5 Å². The van der Waals surface area contributed by atoms with E-state index in [1.165, 1.54) is 25.1 Å². The summed E-state index contributed by atoms with van der Waals surface area (Å²) in [5.74, 6) is -0.291. The van der Waals surface area contributed by atoms with E-state index in [4.69, 9.17) is 40.0 Å². The van der Waals surface area contributed by atoms with Crippen LogP contribution in [0.15, 0.2) is 79.4 Å². The molecule has 0 aliphatic carbocycles. The second-order valence-electron chi connectivity index (χ2n) is 10.7. The van der Waals surface area contributed by atoms with Gasteiger partial charge in [-0.15, -0.1) is 0 Å². The van der Waals surface area contributed by atoms with Crippen LogP contribution in [0.1, 0.15) is 79.0 Å².